The van der Waals surface area contributed by atoms with Crippen LogP contribution in [0.15, 0.2) is 28.6 Å². The lowest BCUT2D eigenvalue weighted by Crippen LogP contribution is -2.33. The summed E-state index contributed by atoms with van der Waals surface area (Å²) in [7, 11) is 0. The molecule has 0 saturated carbocycles. The fraction of sp³-hybridized carbons (Fsp3) is 0.353. The van der Waals surface area contributed by atoms with Gasteiger partial charge in [0, 0.05) is 9.75 Å². The van der Waals surface area contributed by atoms with Gasteiger partial charge in [-0.3, -0.25) is 14.2 Å². The van der Waals surface area contributed by atoms with Gasteiger partial charge in [0.1, 0.15) is 11.4 Å². The van der Waals surface area contributed by atoms with Gasteiger partial charge in [0.2, 0.25) is 5.91 Å². The molecule has 3 aromatic heterocycles. The molecule has 0 radical (unpaired) electrons. The van der Waals surface area contributed by atoms with Crippen LogP contribution in [0.5, 0.6) is 0 Å². The molecule has 1 aliphatic rings. The second kappa shape index (κ2) is 6.14. The Kier molecular flexibility index (Phi) is 3.97. The van der Waals surface area contributed by atoms with Gasteiger partial charge in [-0.15, -0.1) is 22.7 Å². The molecule has 4 rings (SSSR count). The fourth-order valence-electron chi connectivity index (χ4n) is 3.18. The van der Waals surface area contributed by atoms with Crippen LogP contribution in [-0.4, -0.2) is 15.5 Å². The molecular formula is C17H17N3O2S2. The van der Waals surface area contributed by atoms with Crippen LogP contribution in [0.2, 0.25) is 0 Å². The summed E-state index contributed by atoms with van der Waals surface area (Å²) in [4.78, 5) is 32.6. The minimum atomic E-state index is -0.175. The van der Waals surface area contributed by atoms with Gasteiger partial charge in [0.15, 0.2) is 0 Å². The van der Waals surface area contributed by atoms with E-state index in [0.717, 1.165) is 34.5 Å². The molecule has 0 unspecified atom stereocenters. The van der Waals surface area contributed by atoms with Crippen molar-refractivity contribution in [2.24, 2.45) is 0 Å². The van der Waals surface area contributed by atoms with Crippen molar-refractivity contribution in [3.63, 3.8) is 0 Å². The van der Waals surface area contributed by atoms with E-state index in [9.17, 15) is 9.59 Å². The molecule has 1 N–H and O–H groups in total. The lowest BCUT2D eigenvalue weighted by atomic mass is 10.2. The number of nitrogens with one attached hydrogen (secondary N) is 1. The van der Waals surface area contributed by atoms with E-state index in [1.165, 1.54) is 15.8 Å². The first kappa shape index (κ1) is 15.5. The number of hydrogen-bond donors (Lipinski definition) is 1. The summed E-state index contributed by atoms with van der Waals surface area (Å²) in [6.45, 7) is 1.95. The third-order valence-electron chi connectivity index (χ3n) is 4.35. The van der Waals surface area contributed by atoms with Gasteiger partial charge in [-0.1, -0.05) is 6.07 Å². The third-order valence-corrected chi connectivity index (χ3v) is 6.61. The van der Waals surface area contributed by atoms with Crippen molar-refractivity contribution in [2.45, 2.75) is 38.8 Å². The first-order chi connectivity index (χ1) is 11.6. The summed E-state index contributed by atoms with van der Waals surface area (Å²) in [5, 5.41) is 5.64. The first-order valence-electron chi connectivity index (χ1n) is 7.96. The zero-order chi connectivity index (χ0) is 16.7. The fourth-order valence-corrected chi connectivity index (χ4v) is 5.14. The SMILES string of the molecule is C[C@H](NC(=O)Cn1cnc2sc3c(c2c1=O)CCC3)c1cccs1. The van der Waals surface area contributed by atoms with E-state index in [1.807, 2.05) is 24.4 Å². The lowest BCUT2D eigenvalue weighted by molar-refractivity contribution is -0.122. The highest BCUT2D eigenvalue weighted by atomic mass is 32.1. The third kappa shape index (κ3) is 2.67. The second-order valence-corrected chi connectivity index (χ2v) is 8.08. The summed E-state index contributed by atoms with van der Waals surface area (Å²) in [5.41, 5.74) is 1.05. The molecule has 1 atom stereocenters. The summed E-state index contributed by atoms with van der Waals surface area (Å²) in [5.74, 6) is -0.175. The number of amides is 1. The molecule has 24 heavy (non-hydrogen) atoms. The molecule has 0 saturated heterocycles. The van der Waals surface area contributed by atoms with Crippen LogP contribution in [-0.2, 0) is 24.2 Å². The normalized spacial score (nSPS) is 14.7. The standard InChI is InChI=1S/C17H17N3O2S2/c1-10(12-6-3-7-23-12)19-14(21)8-20-9-18-16-15(17(20)22)11-4-2-5-13(11)24-16/h3,6-7,9-10H,2,4-5,8H2,1H3,(H,19,21)/t10-/m0/s1. The van der Waals surface area contributed by atoms with Crippen LogP contribution in [0.1, 0.15) is 34.7 Å². The molecule has 5 nitrogen and oxygen atoms in total. The molecular weight excluding hydrogens is 342 g/mol. The molecule has 7 heteroatoms. The van der Waals surface area contributed by atoms with Gasteiger partial charge < -0.3 is 5.32 Å². The highest BCUT2D eigenvalue weighted by Gasteiger charge is 2.22. The molecule has 0 aromatic carbocycles. The molecule has 0 spiro atoms. The first-order valence-corrected chi connectivity index (χ1v) is 9.65. The summed E-state index contributed by atoms with van der Waals surface area (Å²) >= 11 is 3.22. The van der Waals surface area contributed by atoms with Crippen molar-refractivity contribution >= 4 is 38.8 Å². The lowest BCUT2D eigenvalue weighted by Gasteiger charge is -2.13. The predicted octanol–water partition coefficient (Wildman–Crippen LogP) is 2.89. The highest BCUT2D eigenvalue weighted by molar-refractivity contribution is 7.18. The summed E-state index contributed by atoms with van der Waals surface area (Å²) < 4.78 is 1.42. The maximum atomic E-state index is 12.8. The molecule has 124 valence electrons. The highest BCUT2D eigenvalue weighted by Crippen LogP contribution is 2.34. The maximum Gasteiger partial charge on any atom is 0.262 e. The van der Waals surface area contributed by atoms with Crippen molar-refractivity contribution < 1.29 is 4.79 Å². The zero-order valence-corrected chi connectivity index (χ0v) is 14.9. The molecule has 0 bridgehead atoms. The van der Waals surface area contributed by atoms with Crippen LogP contribution in [0, 0.1) is 0 Å². The molecule has 3 aromatic rings. The van der Waals surface area contributed by atoms with Crippen LogP contribution in [0.4, 0.5) is 0 Å². The number of rotatable bonds is 4. The minimum Gasteiger partial charge on any atom is -0.347 e. The summed E-state index contributed by atoms with van der Waals surface area (Å²) in [6.07, 6.45) is 4.57. The smallest absolute Gasteiger partial charge is 0.262 e. The average Bonchev–Trinajstić information content (AvgIpc) is 3.25. The quantitative estimate of drug-likeness (QED) is 0.779. The maximum absolute atomic E-state index is 12.8. The van der Waals surface area contributed by atoms with E-state index >= 15 is 0 Å². The number of aryl methyl sites for hydroxylation is 2. The zero-order valence-electron chi connectivity index (χ0n) is 13.2. The van der Waals surface area contributed by atoms with Crippen molar-refractivity contribution in [3.8, 4) is 0 Å². The van der Waals surface area contributed by atoms with Crippen molar-refractivity contribution in [3.05, 3.63) is 49.5 Å². The molecule has 1 amide bonds. The van der Waals surface area contributed by atoms with Crippen molar-refractivity contribution in [1.29, 1.82) is 0 Å². The Bertz CT molecular complexity index is 956. The van der Waals surface area contributed by atoms with Crippen LogP contribution >= 0.6 is 22.7 Å². The number of carbonyl (C=O) groups is 1. The van der Waals surface area contributed by atoms with Gasteiger partial charge in [-0.25, -0.2) is 4.98 Å². The Morgan fingerprint density at radius 2 is 2.33 bits per heavy atom. The number of hydrogen-bond acceptors (Lipinski definition) is 5. The van der Waals surface area contributed by atoms with Crippen molar-refractivity contribution in [1.82, 2.24) is 14.9 Å². The van der Waals surface area contributed by atoms with Gasteiger partial charge in [0.25, 0.3) is 5.56 Å². The Hall–Kier alpha value is -1.99. The van der Waals surface area contributed by atoms with Gasteiger partial charge >= 0.3 is 0 Å². The monoisotopic (exact) mass is 359 g/mol. The summed E-state index contributed by atoms with van der Waals surface area (Å²) in [6, 6.07) is 3.89. The van der Waals surface area contributed by atoms with Gasteiger partial charge in [0.05, 0.1) is 17.8 Å². The topological polar surface area (TPSA) is 64.0 Å². The van der Waals surface area contributed by atoms with Gasteiger partial charge in [-0.2, -0.15) is 0 Å². The van der Waals surface area contributed by atoms with E-state index in [-0.39, 0.29) is 24.1 Å². The Labute approximate surface area is 147 Å². The predicted molar refractivity (Wildman–Crippen MR) is 96.8 cm³/mol. The minimum absolute atomic E-state index is 0.00209. The van der Waals surface area contributed by atoms with E-state index in [0.29, 0.717) is 5.39 Å². The second-order valence-electron chi connectivity index (χ2n) is 6.02. The van der Waals surface area contributed by atoms with E-state index in [1.54, 1.807) is 22.7 Å². The Balaban J connectivity index is 1.57. The van der Waals surface area contributed by atoms with Crippen molar-refractivity contribution in [2.75, 3.05) is 0 Å². The molecule has 1 aliphatic carbocycles. The van der Waals surface area contributed by atoms with Crippen LogP contribution in [0.25, 0.3) is 10.2 Å². The van der Waals surface area contributed by atoms with E-state index in [4.69, 9.17) is 0 Å². The number of aromatic nitrogens is 2. The molecule has 3 heterocycles. The Morgan fingerprint density at radius 3 is 3.12 bits per heavy atom. The number of thiophene rings is 2. The number of carbonyl (C=O) groups excluding carboxylic acids is 1. The van der Waals surface area contributed by atoms with Crippen LogP contribution in [0.3, 0.4) is 0 Å². The largest absolute Gasteiger partial charge is 0.347 e. The van der Waals surface area contributed by atoms with E-state index in [2.05, 4.69) is 10.3 Å². The molecule has 0 aliphatic heterocycles. The average molecular weight is 359 g/mol. The van der Waals surface area contributed by atoms with Gasteiger partial charge in [-0.05, 0) is 43.2 Å². The molecule has 0 fully saturated rings. The number of nitrogens with zero attached hydrogens (tertiary/aromatic N) is 2. The Morgan fingerprint density at radius 1 is 1.46 bits per heavy atom. The number of fused-ring (bicyclic) bond motifs is 3. The van der Waals surface area contributed by atoms with Crippen LogP contribution < -0.4 is 10.9 Å². The van der Waals surface area contributed by atoms with E-state index < -0.39 is 0 Å².